The van der Waals surface area contributed by atoms with Crippen LogP contribution in [0.5, 0.6) is 0 Å². The summed E-state index contributed by atoms with van der Waals surface area (Å²) in [7, 11) is 0. The van der Waals surface area contributed by atoms with Crippen LogP contribution in [0.2, 0.25) is 0 Å². The van der Waals surface area contributed by atoms with Crippen molar-refractivity contribution in [3.8, 4) is 0 Å². The standard InChI is InChI=1S/C11H12FNO4/c12-8-3-1-2-4-9(8)13-6-7(11(16)17)5-10(14)15/h1-4,7,13H,5-6H2,(H,14,15)(H,16,17). The minimum Gasteiger partial charge on any atom is -0.481 e. The predicted molar refractivity (Wildman–Crippen MR) is 58.3 cm³/mol. The van der Waals surface area contributed by atoms with Crippen LogP contribution in [0.3, 0.4) is 0 Å². The van der Waals surface area contributed by atoms with Gasteiger partial charge in [-0.1, -0.05) is 12.1 Å². The van der Waals surface area contributed by atoms with Gasteiger partial charge < -0.3 is 15.5 Å². The first-order chi connectivity index (χ1) is 8.00. The van der Waals surface area contributed by atoms with Crippen molar-refractivity contribution < 1.29 is 24.2 Å². The fraction of sp³-hybridized carbons (Fsp3) is 0.273. The molecule has 0 aliphatic rings. The molecule has 1 rings (SSSR count). The van der Waals surface area contributed by atoms with Crippen LogP contribution in [-0.4, -0.2) is 28.7 Å². The van der Waals surface area contributed by atoms with E-state index in [0.29, 0.717) is 0 Å². The molecule has 6 heteroatoms. The van der Waals surface area contributed by atoms with E-state index in [1.165, 1.54) is 18.2 Å². The number of halogens is 1. The van der Waals surface area contributed by atoms with Gasteiger partial charge in [0.1, 0.15) is 5.82 Å². The van der Waals surface area contributed by atoms with Crippen molar-refractivity contribution in [3.63, 3.8) is 0 Å². The zero-order valence-corrected chi connectivity index (χ0v) is 8.89. The fourth-order valence-electron chi connectivity index (χ4n) is 1.30. The van der Waals surface area contributed by atoms with Gasteiger partial charge in [-0.05, 0) is 12.1 Å². The van der Waals surface area contributed by atoms with Gasteiger partial charge in [-0.15, -0.1) is 0 Å². The van der Waals surface area contributed by atoms with Crippen molar-refractivity contribution in [1.29, 1.82) is 0 Å². The van der Waals surface area contributed by atoms with Crippen molar-refractivity contribution >= 4 is 17.6 Å². The number of anilines is 1. The SMILES string of the molecule is O=C(O)CC(CNc1ccccc1F)C(=O)O. The van der Waals surface area contributed by atoms with Crippen molar-refractivity contribution in [2.24, 2.45) is 5.92 Å². The topological polar surface area (TPSA) is 86.6 Å². The van der Waals surface area contributed by atoms with Crippen LogP contribution < -0.4 is 5.32 Å². The van der Waals surface area contributed by atoms with Crippen molar-refractivity contribution in [1.82, 2.24) is 0 Å². The largest absolute Gasteiger partial charge is 0.481 e. The summed E-state index contributed by atoms with van der Waals surface area (Å²) in [5.41, 5.74) is 0.157. The number of aliphatic carboxylic acids is 2. The third-order valence-corrected chi connectivity index (χ3v) is 2.18. The molecule has 1 unspecified atom stereocenters. The molecule has 0 spiro atoms. The first-order valence-electron chi connectivity index (χ1n) is 4.93. The summed E-state index contributed by atoms with van der Waals surface area (Å²) >= 11 is 0. The summed E-state index contributed by atoms with van der Waals surface area (Å²) in [5.74, 6) is -4.02. The van der Waals surface area contributed by atoms with E-state index < -0.39 is 30.1 Å². The lowest BCUT2D eigenvalue weighted by atomic mass is 10.1. The van der Waals surface area contributed by atoms with Gasteiger partial charge in [0, 0.05) is 6.54 Å². The minimum absolute atomic E-state index is 0.136. The quantitative estimate of drug-likeness (QED) is 0.701. The highest BCUT2D eigenvalue weighted by Gasteiger charge is 2.20. The molecule has 17 heavy (non-hydrogen) atoms. The van der Waals surface area contributed by atoms with Gasteiger partial charge in [0.15, 0.2) is 0 Å². The van der Waals surface area contributed by atoms with E-state index in [9.17, 15) is 14.0 Å². The van der Waals surface area contributed by atoms with Crippen LogP contribution in [0.25, 0.3) is 0 Å². The summed E-state index contributed by atoms with van der Waals surface area (Å²) in [4.78, 5) is 21.2. The van der Waals surface area contributed by atoms with E-state index in [2.05, 4.69) is 5.32 Å². The Morgan fingerprint density at radius 3 is 2.47 bits per heavy atom. The van der Waals surface area contributed by atoms with Crippen LogP contribution in [-0.2, 0) is 9.59 Å². The van der Waals surface area contributed by atoms with Gasteiger partial charge in [-0.3, -0.25) is 9.59 Å². The molecular formula is C11H12FNO4. The van der Waals surface area contributed by atoms with E-state index in [4.69, 9.17) is 10.2 Å². The fourth-order valence-corrected chi connectivity index (χ4v) is 1.30. The molecule has 0 heterocycles. The normalized spacial score (nSPS) is 11.8. The molecule has 0 saturated heterocycles. The third-order valence-electron chi connectivity index (χ3n) is 2.18. The highest BCUT2D eigenvalue weighted by Crippen LogP contribution is 2.14. The summed E-state index contributed by atoms with van der Waals surface area (Å²) in [6.45, 7) is -0.136. The van der Waals surface area contributed by atoms with Gasteiger partial charge in [0.2, 0.25) is 0 Å². The first-order valence-corrected chi connectivity index (χ1v) is 4.93. The smallest absolute Gasteiger partial charge is 0.308 e. The van der Waals surface area contributed by atoms with Crippen LogP contribution in [0.4, 0.5) is 10.1 Å². The molecule has 0 radical (unpaired) electrons. The summed E-state index contributed by atoms with van der Waals surface area (Å²) in [6, 6.07) is 5.79. The number of nitrogens with one attached hydrogen (secondary N) is 1. The molecule has 1 atom stereocenters. The van der Waals surface area contributed by atoms with E-state index in [1.54, 1.807) is 6.07 Å². The number of carboxylic acid groups (broad SMARTS) is 2. The van der Waals surface area contributed by atoms with Gasteiger partial charge >= 0.3 is 11.9 Å². The second kappa shape index (κ2) is 5.83. The highest BCUT2D eigenvalue weighted by molar-refractivity contribution is 5.78. The maximum Gasteiger partial charge on any atom is 0.308 e. The molecule has 1 aromatic carbocycles. The second-order valence-electron chi connectivity index (χ2n) is 3.49. The average molecular weight is 241 g/mol. The molecule has 3 N–H and O–H groups in total. The maximum absolute atomic E-state index is 13.2. The van der Waals surface area contributed by atoms with E-state index in [0.717, 1.165) is 0 Å². The number of hydrogen-bond acceptors (Lipinski definition) is 3. The van der Waals surface area contributed by atoms with Gasteiger partial charge in [0.05, 0.1) is 18.0 Å². The predicted octanol–water partition coefficient (Wildman–Crippen LogP) is 1.41. The van der Waals surface area contributed by atoms with Crippen molar-refractivity contribution in [2.45, 2.75) is 6.42 Å². The van der Waals surface area contributed by atoms with Gasteiger partial charge in [-0.25, -0.2) is 4.39 Å². The summed E-state index contributed by atoms with van der Waals surface area (Å²) in [6.07, 6.45) is -0.503. The minimum atomic E-state index is -1.23. The monoisotopic (exact) mass is 241 g/mol. The zero-order chi connectivity index (χ0) is 12.8. The molecule has 1 aromatic rings. The van der Waals surface area contributed by atoms with Crippen molar-refractivity contribution in [3.05, 3.63) is 30.1 Å². The van der Waals surface area contributed by atoms with Crippen LogP contribution >= 0.6 is 0 Å². The lowest BCUT2D eigenvalue weighted by molar-refractivity contribution is -0.147. The molecule has 5 nitrogen and oxygen atoms in total. The first kappa shape index (κ1) is 13.0. The average Bonchev–Trinajstić information content (AvgIpc) is 2.25. The number of benzene rings is 1. The lowest BCUT2D eigenvalue weighted by Crippen LogP contribution is -2.25. The lowest BCUT2D eigenvalue weighted by Gasteiger charge is -2.12. The Morgan fingerprint density at radius 2 is 1.94 bits per heavy atom. The molecule has 0 bridgehead atoms. The Hall–Kier alpha value is -2.11. The van der Waals surface area contributed by atoms with E-state index in [-0.39, 0.29) is 12.2 Å². The molecule has 0 fully saturated rings. The Balaban J connectivity index is 2.61. The summed E-state index contributed by atoms with van der Waals surface area (Å²) < 4.78 is 13.2. The number of para-hydroxylation sites is 1. The van der Waals surface area contributed by atoms with E-state index >= 15 is 0 Å². The third kappa shape index (κ3) is 4.10. The highest BCUT2D eigenvalue weighted by atomic mass is 19.1. The van der Waals surface area contributed by atoms with Gasteiger partial charge in [-0.2, -0.15) is 0 Å². The molecule has 0 amide bonds. The van der Waals surface area contributed by atoms with Crippen molar-refractivity contribution in [2.75, 3.05) is 11.9 Å². The number of rotatable bonds is 6. The summed E-state index contributed by atoms with van der Waals surface area (Å²) in [5, 5.41) is 19.9. The number of carboxylic acids is 2. The Morgan fingerprint density at radius 1 is 1.29 bits per heavy atom. The second-order valence-corrected chi connectivity index (χ2v) is 3.49. The van der Waals surface area contributed by atoms with Crippen LogP contribution in [0, 0.1) is 11.7 Å². The molecule has 0 aliphatic carbocycles. The molecule has 0 aromatic heterocycles. The molecule has 92 valence electrons. The molecule has 0 aliphatic heterocycles. The molecule has 0 saturated carbocycles. The van der Waals surface area contributed by atoms with Gasteiger partial charge in [0.25, 0.3) is 0 Å². The number of carbonyl (C=O) groups is 2. The molecular weight excluding hydrogens is 229 g/mol. The van der Waals surface area contributed by atoms with Crippen LogP contribution in [0.1, 0.15) is 6.42 Å². The van der Waals surface area contributed by atoms with Crippen LogP contribution in [0.15, 0.2) is 24.3 Å². The maximum atomic E-state index is 13.2. The van der Waals surface area contributed by atoms with E-state index in [1.807, 2.05) is 0 Å². The number of hydrogen-bond donors (Lipinski definition) is 3. The Labute approximate surface area is 96.9 Å². The Bertz CT molecular complexity index is 422. The Kier molecular flexibility index (Phi) is 4.45. The zero-order valence-electron chi connectivity index (χ0n) is 8.89.